The van der Waals surface area contributed by atoms with Gasteiger partial charge in [0, 0.05) is 48.9 Å². The number of anilines is 2. The molecule has 2 fully saturated rings. The standard InChI is InChI=1S/C33H39ClFN7O3/c1-32(2,3)45-31(43)40-33(12-5-13-33)20-44-30-38-25-19-41(26-7-4-6-21-8-9-24(35)28(34)27(21)26)16-11-23(25)29(39-30)42-17-15-37-22(18-42)10-14-36/h4,6-9,22,37H,5,10-13,15-20H2,1-3H3,(H,40,43). The summed E-state index contributed by atoms with van der Waals surface area (Å²) in [4.78, 5) is 26.8. The van der Waals surface area contributed by atoms with E-state index in [2.05, 4.69) is 26.5 Å². The van der Waals surface area contributed by atoms with E-state index in [4.69, 9.17) is 31.0 Å². The van der Waals surface area contributed by atoms with Gasteiger partial charge in [0.25, 0.3) is 0 Å². The molecule has 238 valence electrons. The third kappa shape index (κ3) is 6.72. The monoisotopic (exact) mass is 635 g/mol. The highest BCUT2D eigenvalue weighted by Gasteiger charge is 2.41. The number of ether oxygens (including phenoxy) is 2. The number of carbonyl (C=O) groups is 1. The van der Waals surface area contributed by atoms with E-state index in [-0.39, 0.29) is 23.7 Å². The molecule has 2 aliphatic heterocycles. The molecule has 6 rings (SSSR count). The quantitative estimate of drug-likeness (QED) is 0.347. The van der Waals surface area contributed by atoms with Crippen molar-refractivity contribution in [2.24, 2.45) is 0 Å². The van der Waals surface area contributed by atoms with Crippen LogP contribution in [-0.2, 0) is 17.7 Å². The van der Waals surface area contributed by atoms with Crippen LogP contribution in [0.2, 0.25) is 5.02 Å². The average molecular weight is 636 g/mol. The van der Waals surface area contributed by atoms with Crippen molar-refractivity contribution >= 4 is 40.0 Å². The van der Waals surface area contributed by atoms with Gasteiger partial charge in [0.15, 0.2) is 0 Å². The number of fused-ring (bicyclic) bond motifs is 2. The zero-order valence-corrected chi connectivity index (χ0v) is 26.7. The Hall–Kier alpha value is -3.88. The molecule has 3 heterocycles. The highest BCUT2D eigenvalue weighted by molar-refractivity contribution is 6.36. The Morgan fingerprint density at radius 1 is 1.22 bits per heavy atom. The number of alkyl carbamates (subject to hydrolysis) is 1. The Labute approximate surface area is 267 Å². The molecule has 0 bridgehead atoms. The number of hydrogen-bond acceptors (Lipinski definition) is 9. The number of rotatable bonds is 7. The van der Waals surface area contributed by atoms with Crippen molar-refractivity contribution in [3.8, 4) is 12.1 Å². The van der Waals surface area contributed by atoms with Crippen molar-refractivity contribution in [2.45, 2.75) is 76.6 Å². The Bertz CT molecular complexity index is 1640. The van der Waals surface area contributed by atoms with Gasteiger partial charge < -0.3 is 29.9 Å². The summed E-state index contributed by atoms with van der Waals surface area (Å²) in [7, 11) is 0. The summed E-state index contributed by atoms with van der Waals surface area (Å²) in [6.07, 6.45) is 3.11. The Morgan fingerprint density at radius 2 is 2.04 bits per heavy atom. The summed E-state index contributed by atoms with van der Waals surface area (Å²) in [5.74, 6) is 0.355. The fourth-order valence-electron chi connectivity index (χ4n) is 6.37. The predicted octanol–water partition coefficient (Wildman–Crippen LogP) is 5.50. The van der Waals surface area contributed by atoms with E-state index >= 15 is 0 Å². The van der Waals surface area contributed by atoms with Crippen LogP contribution in [0.5, 0.6) is 6.01 Å². The van der Waals surface area contributed by atoms with E-state index in [0.717, 1.165) is 60.5 Å². The van der Waals surface area contributed by atoms with E-state index in [1.807, 2.05) is 39.0 Å². The third-order valence-corrected chi connectivity index (χ3v) is 9.09. The fourth-order valence-corrected chi connectivity index (χ4v) is 6.64. The first kappa shape index (κ1) is 31.1. The minimum Gasteiger partial charge on any atom is -0.461 e. The van der Waals surface area contributed by atoms with E-state index in [1.54, 1.807) is 6.07 Å². The SMILES string of the molecule is CC(C)(C)OC(=O)NC1(COc2nc3c(c(N4CCNC(CC#N)C4)n2)CCN(c2cccc4ccc(F)c(Cl)c24)C3)CCC1. The number of nitriles is 1. The summed E-state index contributed by atoms with van der Waals surface area (Å²) in [5, 5.41) is 17.4. The second-order valence-electron chi connectivity index (χ2n) is 13.2. The predicted molar refractivity (Wildman–Crippen MR) is 171 cm³/mol. The molecule has 1 unspecified atom stereocenters. The lowest BCUT2D eigenvalue weighted by Crippen LogP contribution is -2.58. The van der Waals surface area contributed by atoms with Gasteiger partial charge in [-0.2, -0.15) is 15.2 Å². The summed E-state index contributed by atoms with van der Waals surface area (Å²) in [6, 6.07) is 11.5. The van der Waals surface area contributed by atoms with E-state index in [9.17, 15) is 14.4 Å². The molecular weight excluding hydrogens is 597 g/mol. The van der Waals surface area contributed by atoms with Gasteiger partial charge in [-0.25, -0.2) is 9.18 Å². The first-order valence-electron chi connectivity index (χ1n) is 15.5. The number of benzene rings is 2. The molecule has 12 heteroatoms. The first-order valence-corrected chi connectivity index (χ1v) is 15.9. The molecule has 1 aromatic heterocycles. The van der Waals surface area contributed by atoms with Crippen molar-refractivity contribution < 1.29 is 18.7 Å². The number of amides is 1. The van der Waals surface area contributed by atoms with Crippen LogP contribution in [0.4, 0.5) is 20.7 Å². The molecule has 10 nitrogen and oxygen atoms in total. The van der Waals surface area contributed by atoms with Crippen LogP contribution in [0.15, 0.2) is 30.3 Å². The molecule has 2 N–H and O–H groups in total. The smallest absolute Gasteiger partial charge is 0.408 e. The van der Waals surface area contributed by atoms with Gasteiger partial charge in [-0.1, -0.05) is 29.8 Å². The molecule has 1 amide bonds. The van der Waals surface area contributed by atoms with Crippen LogP contribution in [-0.4, -0.2) is 66.0 Å². The fraction of sp³-hybridized carbons (Fsp3) is 0.515. The summed E-state index contributed by atoms with van der Waals surface area (Å²) >= 11 is 6.49. The van der Waals surface area contributed by atoms with Crippen LogP contribution in [0.1, 0.15) is 57.7 Å². The zero-order valence-electron chi connectivity index (χ0n) is 26.0. The lowest BCUT2D eigenvalue weighted by atomic mass is 9.77. The second-order valence-corrected chi connectivity index (χ2v) is 13.5. The van der Waals surface area contributed by atoms with Gasteiger partial charge in [-0.15, -0.1) is 0 Å². The van der Waals surface area contributed by atoms with Crippen LogP contribution >= 0.6 is 11.6 Å². The summed E-state index contributed by atoms with van der Waals surface area (Å²) in [6.45, 7) is 8.96. The number of piperazine rings is 1. The van der Waals surface area contributed by atoms with E-state index < -0.39 is 23.1 Å². The minimum atomic E-state index is -0.606. The second kappa shape index (κ2) is 12.5. The number of carbonyl (C=O) groups excluding carboxylic acids is 1. The molecule has 1 saturated heterocycles. The summed E-state index contributed by atoms with van der Waals surface area (Å²) in [5.41, 5.74) is 1.55. The van der Waals surface area contributed by atoms with Crippen molar-refractivity contribution in [3.05, 3.63) is 52.4 Å². The highest BCUT2D eigenvalue weighted by atomic mass is 35.5. The number of hydrogen-bond donors (Lipinski definition) is 2. The molecule has 0 radical (unpaired) electrons. The topological polar surface area (TPSA) is 116 Å². The van der Waals surface area contributed by atoms with Crippen LogP contribution in [0, 0.1) is 17.1 Å². The van der Waals surface area contributed by atoms with Crippen LogP contribution in [0.3, 0.4) is 0 Å². The van der Waals surface area contributed by atoms with E-state index in [0.29, 0.717) is 37.9 Å². The molecule has 1 atom stereocenters. The van der Waals surface area contributed by atoms with Gasteiger partial charge in [0.05, 0.1) is 35.3 Å². The van der Waals surface area contributed by atoms with Gasteiger partial charge in [0.2, 0.25) is 0 Å². The first-order chi connectivity index (χ1) is 21.5. The zero-order chi connectivity index (χ0) is 31.8. The third-order valence-electron chi connectivity index (χ3n) is 8.72. The lowest BCUT2D eigenvalue weighted by molar-refractivity contribution is 0.0284. The van der Waals surface area contributed by atoms with Crippen molar-refractivity contribution in [1.29, 1.82) is 5.26 Å². The maximum absolute atomic E-state index is 14.6. The van der Waals surface area contributed by atoms with Gasteiger partial charge in [0.1, 0.15) is 23.8 Å². The molecule has 1 aliphatic carbocycles. The molecule has 3 aromatic rings. The van der Waals surface area contributed by atoms with Gasteiger partial charge in [-0.05, 0) is 64.0 Å². The molecule has 45 heavy (non-hydrogen) atoms. The average Bonchev–Trinajstić information content (AvgIpc) is 2.98. The molecule has 0 spiro atoms. The molecule has 3 aliphatic rings. The Balaban J connectivity index is 1.31. The van der Waals surface area contributed by atoms with Crippen molar-refractivity contribution in [2.75, 3.05) is 42.6 Å². The normalized spacial score (nSPS) is 19.3. The number of nitrogens with zero attached hydrogens (tertiary/aromatic N) is 5. The number of halogens is 2. The molecular formula is C33H39ClFN7O3. The largest absolute Gasteiger partial charge is 0.461 e. The van der Waals surface area contributed by atoms with Crippen molar-refractivity contribution in [3.63, 3.8) is 0 Å². The van der Waals surface area contributed by atoms with E-state index in [1.165, 1.54) is 6.07 Å². The highest BCUT2D eigenvalue weighted by Crippen LogP contribution is 2.38. The Morgan fingerprint density at radius 3 is 2.78 bits per heavy atom. The number of aromatic nitrogens is 2. The van der Waals surface area contributed by atoms with Crippen LogP contribution < -0.4 is 25.2 Å². The molecule has 2 aromatic carbocycles. The molecule has 1 saturated carbocycles. The maximum Gasteiger partial charge on any atom is 0.408 e. The van der Waals surface area contributed by atoms with Gasteiger partial charge >= 0.3 is 12.1 Å². The maximum atomic E-state index is 14.6. The van der Waals surface area contributed by atoms with Crippen LogP contribution in [0.25, 0.3) is 10.8 Å². The lowest BCUT2D eigenvalue weighted by Gasteiger charge is -2.42. The van der Waals surface area contributed by atoms with Gasteiger partial charge in [-0.3, -0.25) is 0 Å². The Kier molecular flexibility index (Phi) is 8.63. The summed E-state index contributed by atoms with van der Waals surface area (Å²) < 4.78 is 26.4. The van der Waals surface area contributed by atoms with Crippen molar-refractivity contribution in [1.82, 2.24) is 20.6 Å². The minimum absolute atomic E-state index is 0.0304. The number of nitrogens with one attached hydrogen (secondary N) is 2.